The van der Waals surface area contributed by atoms with Gasteiger partial charge >= 0.3 is 12.1 Å². The molecule has 1 aromatic carbocycles. The van der Waals surface area contributed by atoms with E-state index in [2.05, 4.69) is 20.5 Å². The van der Waals surface area contributed by atoms with Gasteiger partial charge in [0.15, 0.2) is 5.82 Å². The van der Waals surface area contributed by atoms with Crippen LogP contribution < -0.4 is 15.5 Å². The molecule has 1 saturated heterocycles. The molecule has 2 N–H and O–H groups in total. The zero-order valence-corrected chi connectivity index (χ0v) is 19.6. The van der Waals surface area contributed by atoms with Crippen molar-refractivity contribution >= 4 is 23.6 Å². The summed E-state index contributed by atoms with van der Waals surface area (Å²) in [6, 6.07) is 4.04. The minimum Gasteiger partial charge on any atom is -0.450 e. The molecule has 4 rings (SSSR count). The summed E-state index contributed by atoms with van der Waals surface area (Å²) in [5.41, 5.74) is 2.03. The Morgan fingerprint density at radius 2 is 2.09 bits per heavy atom. The molecule has 0 saturated carbocycles. The first-order valence-corrected chi connectivity index (χ1v) is 11.4. The Hall–Kier alpha value is -3.47. The van der Waals surface area contributed by atoms with Crippen molar-refractivity contribution in [3.63, 3.8) is 0 Å². The second-order valence-electron chi connectivity index (χ2n) is 8.15. The van der Waals surface area contributed by atoms with E-state index in [1.165, 1.54) is 6.07 Å². The molecule has 3 amide bonds. The third kappa shape index (κ3) is 4.89. The molecule has 1 atom stereocenters. The van der Waals surface area contributed by atoms with Gasteiger partial charge in [0.05, 0.1) is 50.2 Å². The van der Waals surface area contributed by atoms with Gasteiger partial charge in [-0.05, 0) is 39.0 Å². The van der Waals surface area contributed by atoms with E-state index in [0.29, 0.717) is 50.0 Å². The number of anilines is 2. The van der Waals surface area contributed by atoms with Crippen LogP contribution in [0.2, 0.25) is 0 Å². The molecule has 182 valence electrons. The maximum absolute atomic E-state index is 15.1. The van der Waals surface area contributed by atoms with Crippen LogP contribution in [-0.4, -0.2) is 65.9 Å². The lowest BCUT2D eigenvalue weighted by molar-refractivity contribution is 0.0980. The smallest absolute Gasteiger partial charge is 0.410 e. The van der Waals surface area contributed by atoms with Crippen LogP contribution >= 0.6 is 0 Å². The first-order chi connectivity index (χ1) is 16.4. The maximum Gasteiger partial charge on any atom is 0.410 e. The van der Waals surface area contributed by atoms with E-state index in [1.807, 2.05) is 6.92 Å². The summed E-state index contributed by atoms with van der Waals surface area (Å²) in [4.78, 5) is 37.2. The molecule has 1 aromatic heterocycles. The molecule has 0 radical (unpaired) electrons. The Morgan fingerprint density at radius 1 is 1.26 bits per heavy atom. The number of hydrogen-bond donors (Lipinski definition) is 2. The molecule has 2 aliphatic heterocycles. The van der Waals surface area contributed by atoms with Crippen molar-refractivity contribution in [1.82, 2.24) is 20.2 Å². The van der Waals surface area contributed by atoms with Crippen LogP contribution in [0.4, 0.5) is 25.5 Å². The highest BCUT2D eigenvalue weighted by atomic mass is 19.1. The number of aromatic nitrogens is 2. The fraction of sp³-hybridized carbons (Fsp3) is 0.478. The molecule has 11 heteroatoms. The van der Waals surface area contributed by atoms with Crippen LogP contribution in [-0.2, 0) is 22.6 Å². The number of hydrogen-bond acceptors (Lipinski definition) is 7. The Labute approximate surface area is 197 Å². The van der Waals surface area contributed by atoms with Crippen LogP contribution in [0.5, 0.6) is 0 Å². The molecule has 0 spiro atoms. The molecule has 0 aliphatic carbocycles. The Kier molecular flexibility index (Phi) is 7.11. The van der Waals surface area contributed by atoms with Crippen molar-refractivity contribution in [3.8, 4) is 11.4 Å². The fourth-order valence-corrected chi connectivity index (χ4v) is 4.09. The number of morpholine rings is 1. The van der Waals surface area contributed by atoms with Crippen molar-refractivity contribution < 1.29 is 23.5 Å². The minimum absolute atomic E-state index is 0.0609. The highest BCUT2D eigenvalue weighted by Crippen LogP contribution is 2.34. The normalized spacial score (nSPS) is 17.4. The quantitative estimate of drug-likeness (QED) is 0.688. The molecule has 1 fully saturated rings. The molecule has 10 nitrogen and oxygen atoms in total. The van der Waals surface area contributed by atoms with E-state index in [1.54, 1.807) is 30.9 Å². The molecule has 2 aliphatic rings. The predicted molar refractivity (Wildman–Crippen MR) is 124 cm³/mol. The number of rotatable bonds is 5. The summed E-state index contributed by atoms with van der Waals surface area (Å²) in [5.74, 6) is 0.335. The number of carbonyl (C=O) groups is 2. The Balaban J connectivity index is 1.70. The van der Waals surface area contributed by atoms with Crippen LogP contribution in [0.1, 0.15) is 32.0 Å². The average molecular weight is 473 g/mol. The van der Waals surface area contributed by atoms with Gasteiger partial charge in [-0.1, -0.05) is 0 Å². The summed E-state index contributed by atoms with van der Waals surface area (Å²) in [6.07, 6.45) is -0.421. The van der Waals surface area contributed by atoms with Gasteiger partial charge in [0.1, 0.15) is 11.6 Å². The molecule has 2 aromatic rings. The summed E-state index contributed by atoms with van der Waals surface area (Å²) >= 11 is 0. The molecule has 0 unspecified atom stereocenters. The molecular weight excluding hydrogens is 443 g/mol. The van der Waals surface area contributed by atoms with E-state index in [9.17, 15) is 9.59 Å². The van der Waals surface area contributed by atoms with Gasteiger partial charge in [-0.25, -0.2) is 23.9 Å². The summed E-state index contributed by atoms with van der Waals surface area (Å²) in [5, 5.41) is 5.19. The largest absolute Gasteiger partial charge is 0.450 e. The first kappa shape index (κ1) is 23.7. The lowest BCUT2D eigenvalue weighted by Crippen LogP contribution is -2.44. The van der Waals surface area contributed by atoms with E-state index in [-0.39, 0.29) is 30.6 Å². The van der Waals surface area contributed by atoms with Gasteiger partial charge < -0.3 is 25.0 Å². The molecule has 0 bridgehead atoms. The van der Waals surface area contributed by atoms with Gasteiger partial charge in [0.2, 0.25) is 0 Å². The van der Waals surface area contributed by atoms with Crippen LogP contribution in [0, 0.1) is 5.82 Å². The number of halogens is 1. The van der Waals surface area contributed by atoms with Gasteiger partial charge in [-0.15, -0.1) is 0 Å². The number of fused-ring (bicyclic) bond motifs is 1. The average Bonchev–Trinajstić information content (AvgIpc) is 3.24. The molecule has 3 heterocycles. The molecule has 34 heavy (non-hydrogen) atoms. The number of nitrogens with one attached hydrogen (secondary N) is 2. The topological polar surface area (TPSA) is 109 Å². The SMILES string of the molecule is CCNC(=O)Nc1ccc(-c2nc3c(c(N4CCOC[C@@H]4C)n2)CN(C(=O)OCC)C3)c(F)c1. The van der Waals surface area contributed by atoms with Gasteiger partial charge in [-0.2, -0.15) is 0 Å². The van der Waals surface area contributed by atoms with Crippen molar-refractivity contribution in [2.45, 2.75) is 39.9 Å². The standard InChI is InChI=1S/C23H29FN6O4/c1-4-25-22(31)26-15-6-7-16(18(24)10-15)20-27-19-12-29(23(32)34-5-2)11-17(19)21(28-20)30-8-9-33-13-14(30)3/h6-7,10,14H,4-5,8-9,11-13H2,1-3H3,(H2,25,26,31)/t14-/m0/s1. The monoisotopic (exact) mass is 472 g/mol. The lowest BCUT2D eigenvalue weighted by Gasteiger charge is -2.35. The Morgan fingerprint density at radius 3 is 2.79 bits per heavy atom. The van der Waals surface area contributed by atoms with E-state index >= 15 is 4.39 Å². The number of urea groups is 1. The number of nitrogens with zero attached hydrogens (tertiary/aromatic N) is 4. The predicted octanol–water partition coefficient (Wildman–Crippen LogP) is 3.12. The zero-order chi connectivity index (χ0) is 24.2. The fourth-order valence-electron chi connectivity index (χ4n) is 4.09. The second kappa shape index (κ2) is 10.2. The maximum atomic E-state index is 15.1. The van der Waals surface area contributed by atoms with Crippen molar-refractivity contribution in [1.29, 1.82) is 0 Å². The first-order valence-electron chi connectivity index (χ1n) is 11.4. The summed E-state index contributed by atoms with van der Waals surface area (Å²) in [7, 11) is 0. The minimum atomic E-state index is -0.560. The number of carbonyl (C=O) groups excluding carboxylic acids is 2. The van der Waals surface area contributed by atoms with Crippen molar-refractivity contribution in [3.05, 3.63) is 35.3 Å². The van der Waals surface area contributed by atoms with E-state index < -0.39 is 17.9 Å². The van der Waals surface area contributed by atoms with Gasteiger partial charge in [0, 0.05) is 24.3 Å². The van der Waals surface area contributed by atoms with Crippen LogP contribution in [0.3, 0.4) is 0 Å². The van der Waals surface area contributed by atoms with E-state index in [4.69, 9.17) is 14.5 Å². The highest BCUT2D eigenvalue weighted by molar-refractivity contribution is 5.89. The number of benzene rings is 1. The van der Waals surface area contributed by atoms with Gasteiger partial charge in [0.25, 0.3) is 0 Å². The summed E-state index contributed by atoms with van der Waals surface area (Å²) in [6.45, 7) is 8.63. The number of amides is 3. The van der Waals surface area contributed by atoms with E-state index in [0.717, 1.165) is 5.56 Å². The Bertz CT molecular complexity index is 1080. The highest BCUT2D eigenvalue weighted by Gasteiger charge is 2.33. The molecular formula is C23H29FN6O4. The van der Waals surface area contributed by atoms with Crippen LogP contribution in [0.15, 0.2) is 18.2 Å². The van der Waals surface area contributed by atoms with Crippen molar-refractivity contribution in [2.75, 3.05) is 43.1 Å². The lowest BCUT2D eigenvalue weighted by atomic mass is 10.1. The third-order valence-electron chi connectivity index (χ3n) is 5.73. The number of ether oxygens (including phenoxy) is 2. The third-order valence-corrected chi connectivity index (χ3v) is 5.73. The summed E-state index contributed by atoms with van der Waals surface area (Å²) < 4.78 is 25.8. The van der Waals surface area contributed by atoms with Gasteiger partial charge in [-0.3, -0.25) is 4.90 Å². The zero-order valence-electron chi connectivity index (χ0n) is 19.6. The van der Waals surface area contributed by atoms with Crippen LogP contribution in [0.25, 0.3) is 11.4 Å². The second-order valence-corrected chi connectivity index (χ2v) is 8.15. The van der Waals surface area contributed by atoms with Crippen molar-refractivity contribution in [2.24, 2.45) is 0 Å².